The van der Waals surface area contributed by atoms with Gasteiger partial charge in [-0.05, 0) is 66.9 Å². The first-order valence-electron chi connectivity index (χ1n) is 10.7. The molecule has 0 saturated heterocycles. The molecule has 1 amide bonds. The van der Waals surface area contributed by atoms with E-state index in [-0.39, 0.29) is 17.1 Å². The molecule has 8 heteroatoms. The number of para-hydroxylation sites is 2. The Morgan fingerprint density at radius 2 is 1.76 bits per heavy atom. The van der Waals surface area contributed by atoms with Gasteiger partial charge in [0.15, 0.2) is 5.65 Å². The average Bonchev–Trinajstić information content (AvgIpc) is 3.08. The summed E-state index contributed by atoms with van der Waals surface area (Å²) < 4.78 is 1.40. The van der Waals surface area contributed by atoms with Crippen LogP contribution >= 0.6 is 0 Å². The molecule has 0 aliphatic carbocycles. The minimum absolute atomic E-state index is 0.114. The zero-order valence-electron chi connectivity index (χ0n) is 18.6. The lowest BCUT2D eigenvalue weighted by Crippen LogP contribution is -2.14. The molecular weight excluding hydrogens is 428 g/mol. The number of fused-ring (bicyclic) bond motifs is 2. The third-order valence-corrected chi connectivity index (χ3v) is 5.66. The predicted octanol–water partition coefficient (Wildman–Crippen LogP) is 4.62. The molecule has 0 spiro atoms. The van der Waals surface area contributed by atoms with E-state index in [1.807, 2.05) is 56.3 Å². The Balaban J connectivity index is 1.65. The number of hydrogen-bond donors (Lipinski definition) is 3. The van der Waals surface area contributed by atoms with Crippen LogP contribution in [0.1, 0.15) is 27.0 Å². The lowest BCUT2D eigenvalue weighted by Gasteiger charge is -2.08. The Labute approximate surface area is 195 Å². The van der Waals surface area contributed by atoms with Crippen molar-refractivity contribution in [2.45, 2.75) is 13.8 Å². The number of anilines is 2. The molecule has 0 aliphatic rings. The van der Waals surface area contributed by atoms with Gasteiger partial charge in [-0.3, -0.25) is 4.79 Å². The number of aromatic hydroxyl groups is 1. The second kappa shape index (κ2) is 8.32. The summed E-state index contributed by atoms with van der Waals surface area (Å²) in [4.78, 5) is 22.7. The molecule has 0 bridgehead atoms. The molecule has 5 aromatic rings. The summed E-state index contributed by atoms with van der Waals surface area (Å²) in [6, 6.07) is 19.7. The number of nitrogen functional groups attached to an aromatic ring is 1. The van der Waals surface area contributed by atoms with Gasteiger partial charge in [0, 0.05) is 5.69 Å². The van der Waals surface area contributed by atoms with E-state index in [2.05, 4.69) is 20.4 Å². The highest BCUT2D eigenvalue weighted by atomic mass is 16.3. The Kier molecular flexibility index (Phi) is 5.18. The van der Waals surface area contributed by atoms with Crippen LogP contribution in [0.15, 0.2) is 71.8 Å². The van der Waals surface area contributed by atoms with Crippen LogP contribution in [0.5, 0.6) is 5.75 Å². The molecule has 5 rings (SSSR count). The molecule has 0 unspecified atom stereocenters. The fourth-order valence-corrected chi connectivity index (χ4v) is 3.73. The average molecular weight is 451 g/mol. The summed E-state index contributed by atoms with van der Waals surface area (Å²) in [5.74, 6) is -0.168. The smallest absolute Gasteiger partial charge is 0.261 e. The maximum atomic E-state index is 13.4. The van der Waals surface area contributed by atoms with Crippen molar-refractivity contribution in [3.8, 4) is 5.75 Å². The van der Waals surface area contributed by atoms with E-state index in [0.29, 0.717) is 33.4 Å². The Bertz CT molecular complexity index is 1600. The molecule has 3 aromatic carbocycles. The van der Waals surface area contributed by atoms with Gasteiger partial charge in [-0.25, -0.2) is 9.97 Å². The van der Waals surface area contributed by atoms with Crippen LogP contribution in [0.2, 0.25) is 0 Å². The van der Waals surface area contributed by atoms with Gasteiger partial charge in [0.1, 0.15) is 22.6 Å². The number of aromatic nitrogens is 3. The number of carbonyl (C=O) groups is 1. The summed E-state index contributed by atoms with van der Waals surface area (Å²) in [6.07, 6.45) is 1.54. The fraction of sp³-hybridized carbons (Fsp3) is 0.0769. The van der Waals surface area contributed by atoms with Crippen molar-refractivity contribution in [1.29, 1.82) is 0 Å². The van der Waals surface area contributed by atoms with Crippen LogP contribution < -0.4 is 11.1 Å². The second-order valence-corrected chi connectivity index (χ2v) is 8.05. The molecule has 0 saturated carbocycles. The van der Waals surface area contributed by atoms with E-state index in [1.165, 1.54) is 10.9 Å². The molecule has 0 fully saturated rings. The number of hydrogen-bond acceptors (Lipinski definition) is 6. The monoisotopic (exact) mass is 450 g/mol. The largest absolute Gasteiger partial charge is 0.508 e. The first-order valence-corrected chi connectivity index (χ1v) is 10.7. The van der Waals surface area contributed by atoms with Crippen molar-refractivity contribution >= 4 is 45.8 Å². The third-order valence-electron chi connectivity index (χ3n) is 5.66. The standard InChI is InChI=1S/C26H22N6O2/c1-15-10-11-18(12-16(15)2)29-26(34)22-23-25(31-21-9-4-3-8-20(21)30-23)32(24(22)27)28-14-17-6-5-7-19(33)13-17/h3-14,33H,27H2,1-2H3,(H,29,34)/b28-14-. The molecule has 2 aromatic heterocycles. The van der Waals surface area contributed by atoms with Crippen LogP contribution in [-0.2, 0) is 0 Å². The van der Waals surface area contributed by atoms with Gasteiger partial charge in [-0.1, -0.05) is 30.3 Å². The molecule has 8 nitrogen and oxygen atoms in total. The number of phenols is 1. The molecular formula is C26H22N6O2. The van der Waals surface area contributed by atoms with Crippen LogP contribution in [0.3, 0.4) is 0 Å². The summed E-state index contributed by atoms with van der Waals surface area (Å²) in [6.45, 7) is 4.00. The molecule has 0 atom stereocenters. The number of benzene rings is 3. The SMILES string of the molecule is Cc1ccc(NC(=O)c2c(N)n(/N=C\c3cccc(O)c3)c3nc4ccccc4nc23)cc1C. The normalized spacial score (nSPS) is 11.5. The zero-order valence-corrected chi connectivity index (χ0v) is 18.6. The summed E-state index contributed by atoms with van der Waals surface area (Å²) >= 11 is 0. The number of nitrogens with two attached hydrogens (primary N) is 1. The number of carbonyl (C=O) groups excluding carboxylic acids is 1. The van der Waals surface area contributed by atoms with Gasteiger partial charge < -0.3 is 16.2 Å². The predicted molar refractivity (Wildman–Crippen MR) is 134 cm³/mol. The Hall–Kier alpha value is -4.72. The van der Waals surface area contributed by atoms with E-state index in [0.717, 1.165) is 11.1 Å². The number of rotatable bonds is 4. The van der Waals surface area contributed by atoms with Crippen molar-refractivity contribution in [2.24, 2.45) is 5.10 Å². The first-order chi connectivity index (χ1) is 16.4. The van der Waals surface area contributed by atoms with Gasteiger partial charge >= 0.3 is 0 Å². The number of aryl methyl sites for hydroxylation is 2. The van der Waals surface area contributed by atoms with E-state index >= 15 is 0 Å². The van der Waals surface area contributed by atoms with Gasteiger partial charge in [-0.2, -0.15) is 9.78 Å². The zero-order chi connectivity index (χ0) is 23.8. The molecule has 4 N–H and O–H groups in total. The maximum absolute atomic E-state index is 13.4. The van der Waals surface area contributed by atoms with Crippen molar-refractivity contribution in [1.82, 2.24) is 14.6 Å². The van der Waals surface area contributed by atoms with Crippen molar-refractivity contribution in [3.63, 3.8) is 0 Å². The first kappa shape index (κ1) is 21.1. The van der Waals surface area contributed by atoms with Crippen LogP contribution in [0.4, 0.5) is 11.5 Å². The lowest BCUT2D eigenvalue weighted by atomic mass is 10.1. The molecule has 2 heterocycles. The number of phenolic OH excluding ortho intramolecular Hbond substituents is 1. The fourth-order valence-electron chi connectivity index (χ4n) is 3.73. The quantitative estimate of drug-likeness (QED) is 0.345. The van der Waals surface area contributed by atoms with Gasteiger partial charge in [0.05, 0.1) is 17.2 Å². The van der Waals surface area contributed by atoms with Gasteiger partial charge in [0.2, 0.25) is 0 Å². The van der Waals surface area contributed by atoms with Crippen molar-refractivity contribution in [3.05, 3.63) is 89.0 Å². The van der Waals surface area contributed by atoms with Crippen molar-refractivity contribution in [2.75, 3.05) is 11.1 Å². The van der Waals surface area contributed by atoms with E-state index in [4.69, 9.17) is 5.73 Å². The highest BCUT2D eigenvalue weighted by Crippen LogP contribution is 2.29. The number of nitrogens with one attached hydrogen (secondary N) is 1. The van der Waals surface area contributed by atoms with E-state index < -0.39 is 5.91 Å². The molecule has 0 radical (unpaired) electrons. The number of nitrogens with zero attached hydrogens (tertiary/aromatic N) is 4. The summed E-state index contributed by atoms with van der Waals surface area (Å²) in [5.41, 5.74) is 12.2. The van der Waals surface area contributed by atoms with Crippen LogP contribution in [0.25, 0.3) is 22.2 Å². The van der Waals surface area contributed by atoms with E-state index in [1.54, 1.807) is 24.3 Å². The topological polar surface area (TPSA) is 118 Å². The Morgan fingerprint density at radius 1 is 1.00 bits per heavy atom. The van der Waals surface area contributed by atoms with Gasteiger partial charge in [0.25, 0.3) is 5.91 Å². The highest BCUT2D eigenvalue weighted by molar-refractivity contribution is 6.16. The summed E-state index contributed by atoms with van der Waals surface area (Å²) in [7, 11) is 0. The minimum Gasteiger partial charge on any atom is -0.508 e. The summed E-state index contributed by atoms with van der Waals surface area (Å²) in [5, 5.41) is 17.1. The van der Waals surface area contributed by atoms with Gasteiger partial charge in [-0.15, -0.1) is 0 Å². The van der Waals surface area contributed by atoms with Crippen LogP contribution in [0, 0.1) is 13.8 Å². The third kappa shape index (κ3) is 3.81. The highest BCUT2D eigenvalue weighted by Gasteiger charge is 2.24. The minimum atomic E-state index is -0.401. The second-order valence-electron chi connectivity index (χ2n) is 8.05. The Morgan fingerprint density at radius 3 is 2.50 bits per heavy atom. The maximum Gasteiger partial charge on any atom is 0.261 e. The van der Waals surface area contributed by atoms with E-state index in [9.17, 15) is 9.90 Å². The van der Waals surface area contributed by atoms with Crippen LogP contribution in [-0.4, -0.2) is 31.9 Å². The number of amides is 1. The van der Waals surface area contributed by atoms with Crippen molar-refractivity contribution < 1.29 is 9.90 Å². The molecule has 0 aliphatic heterocycles. The molecule has 34 heavy (non-hydrogen) atoms. The lowest BCUT2D eigenvalue weighted by molar-refractivity contribution is 0.102. The molecule has 168 valence electrons.